The Kier molecular flexibility index (Phi) is 4.99. The molecule has 0 saturated carbocycles. The average molecular weight is 345 g/mol. The van der Waals surface area contributed by atoms with Gasteiger partial charge in [0.2, 0.25) is 0 Å². The molecule has 8 heteroatoms. The van der Waals surface area contributed by atoms with E-state index < -0.39 is 5.97 Å². The van der Waals surface area contributed by atoms with Gasteiger partial charge in [-0.3, -0.25) is 0 Å². The molecule has 0 aliphatic carbocycles. The van der Waals surface area contributed by atoms with Crippen molar-refractivity contribution in [2.24, 2.45) is 0 Å². The van der Waals surface area contributed by atoms with E-state index in [1.807, 2.05) is 4.90 Å². The number of benzene rings is 1. The van der Waals surface area contributed by atoms with Gasteiger partial charge in [0.1, 0.15) is 11.2 Å². The predicted molar refractivity (Wildman–Crippen MR) is 91.5 cm³/mol. The Morgan fingerprint density at radius 1 is 1.36 bits per heavy atom. The molecule has 2 aromatic rings. The van der Waals surface area contributed by atoms with E-state index in [0.29, 0.717) is 35.5 Å². The molecular weight excluding hydrogens is 326 g/mol. The van der Waals surface area contributed by atoms with E-state index in [-0.39, 0.29) is 29.0 Å². The van der Waals surface area contributed by atoms with Crippen LogP contribution in [0.2, 0.25) is 0 Å². The Bertz CT molecular complexity index is 868. The molecule has 1 fully saturated rings. The van der Waals surface area contributed by atoms with Crippen LogP contribution in [-0.2, 0) is 9.47 Å². The molecule has 25 heavy (non-hydrogen) atoms. The van der Waals surface area contributed by atoms with Crippen molar-refractivity contribution in [3.8, 4) is 0 Å². The summed E-state index contributed by atoms with van der Waals surface area (Å²) in [5.74, 6) is -0.825. The lowest BCUT2D eigenvalue weighted by atomic mass is 10.2. The molecule has 8 nitrogen and oxygen atoms in total. The van der Waals surface area contributed by atoms with Gasteiger partial charge in [0.15, 0.2) is 0 Å². The molecule has 1 aromatic heterocycles. The standard InChI is InChI=1S/C17H19N3O5/c1-2-25-17(21)16-15(7-8-18-9-11-24-12-10-18)19(22)13-5-3-4-6-14(13)20(16)23/h3-8H,2,9-12H2,1H3/b8-7+. The molecule has 0 bridgehead atoms. The lowest BCUT2D eigenvalue weighted by molar-refractivity contribution is -0.469. The Morgan fingerprint density at radius 3 is 2.80 bits per heavy atom. The van der Waals surface area contributed by atoms with E-state index in [0.717, 1.165) is 0 Å². The quantitative estimate of drug-likeness (QED) is 0.614. The first-order valence-electron chi connectivity index (χ1n) is 8.08. The fourth-order valence-electron chi connectivity index (χ4n) is 2.69. The highest BCUT2D eigenvalue weighted by Crippen LogP contribution is 2.17. The highest BCUT2D eigenvalue weighted by molar-refractivity contribution is 5.91. The number of hydrogen-bond acceptors (Lipinski definition) is 6. The van der Waals surface area contributed by atoms with E-state index in [2.05, 4.69) is 0 Å². The van der Waals surface area contributed by atoms with Crippen molar-refractivity contribution in [1.82, 2.24) is 9.63 Å². The van der Waals surface area contributed by atoms with Crippen LogP contribution in [-0.4, -0.2) is 48.5 Å². The number of esters is 1. The van der Waals surface area contributed by atoms with Crippen LogP contribution < -0.4 is 4.43 Å². The molecule has 1 aliphatic rings. The molecule has 2 heterocycles. The lowest BCUT2D eigenvalue weighted by Crippen LogP contribution is -2.33. The van der Waals surface area contributed by atoms with Gasteiger partial charge in [0, 0.05) is 30.3 Å². The second-order valence-corrected chi connectivity index (χ2v) is 5.50. The van der Waals surface area contributed by atoms with Crippen LogP contribution >= 0.6 is 0 Å². The van der Waals surface area contributed by atoms with Gasteiger partial charge >= 0.3 is 11.7 Å². The highest BCUT2D eigenvalue weighted by Gasteiger charge is 2.29. The maximum atomic E-state index is 12.7. The van der Waals surface area contributed by atoms with Gasteiger partial charge in [-0.1, -0.05) is 12.1 Å². The summed E-state index contributed by atoms with van der Waals surface area (Å²) in [5.41, 5.74) is -0.0602. The topological polar surface area (TPSA) is 89.7 Å². The molecule has 0 amide bonds. The number of carbonyl (C=O) groups is 1. The van der Waals surface area contributed by atoms with E-state index >= 15 is 0 Å². The summed E-state index contributed by atoms with van der Waals surface area (Å²) in [4.78, 5) is 26.9. The number of aromatic nitrogens is 2. The molecule has 132 valence electrons. The smallest absolute Gasteiger partial charge is 0.411 e. The van der Waals surface area contributed by atoms with Gasteiger partial charge in [-0.05, 0) is 19.1 Å². The Hall–Kier alpha value is -2.87. The average Bonchev–Trinajstić information content (AvgIpc) is 2.64. The van der Waals surface area contributed by atoms with Crippen LogP contribution in [0.25, 0.3) is 17.1 Å². The minimum atomic E-state index is -0.825. The zero-order valence-corrected chi connectivity index (χ0v) is 13.9. The van der Waals surface area contributed by atoms with Crippen LogP contribution in [0.3, 0.4) is 0 Å². The summed E-state index contributed by atoms with van der Waals surface area (Å²) in [5, 5.41) is 12.7. The largest absolute Gasteiger partial charge is 0.805 e. The minimum Gasteiger partial charge on any atom is -0.805 e. The molecule has 0 unspecified atom stereocenters. The molecule has 0 N–H and O–H groups in total. The number of nitrogens with zero attached hydrogens (tertiary/aromatic N) is 3. The fraction of sp³-hybridized carbons (Fsp3) is 0.353. The number of carbonyl (C=O) groups excluding carboxylic acids is 1. The van der Waals surface area contributed by atoms with E-state index in [9.17, 15) is 14.9 Å². The first-order valence-corrected chi connectivity index (χ1v) is 8.08. The molecule has 1 aromatic carbocycles. The van der Waals surface area contributed by atoms with Gasteiger partial charge < -0.3 is 24.3 Å². The van der Waals surface area contributed by atoms with Gasteiger partial charge in [-0.2, -0.15) is 0 Å². The first kappa shape index (κ1) is 17.0. The lowest BCUT2D eigenvalue weighted by Gasteiger charge is -2.25. The third-order valence-corrected chi connectivity index (χ3v) is 3.94. The monoisotopic (exact) mass is 345 g/mol. The Morgan fingerprint density at radius 2 is 2.08 bits per heavy atom. The third-order valence-electron chi connectivity index (χ3n) is 3.94. The molecule has 0 atom stereocenters. The SMILES string of the molecule is CCOC(=O)c1c(/C=C/N2CCOCC2)n([O-])c2ccccc2[n+]1=O. The number of rotatable bonds is 4. The molecule has 3 rings (SSSR count). The zero-order valence-electron chi connectivity index (χ0n) is 13.9. The maximum Gasteiger partial charge on any atom is 0.411 e. The summed E-state index contributed by atoms with van der Waals surface area (Å²) < 4.78 is 11.3. The summed E-state index contributed by atoms with van der Waals surface area (Å²) in [6.07, 6.45) is 3.18. The number of fused-ring (bicyclic) bond motifs is 1. The van der Waals surface area contributed by atoms with Crippen LogP contribution in [0.15, 0.2) is 30.5 Å². The van der Waals surface area contributed by atoms with Gasteiger partial charge in [0.05, 0.1) is 24.2 Å². The number of para-hydroxylation sites is 2. The second kappa shape index (κ2) is 7.35. The van der Waals surface area contributed by atoms with E-state index in [1.54, 1.807) is 25.3 Å². The van der Waals surface area contributed by atoms with Crippen molar-refractivity contribution < 1.29 is 18.7 Å². The Balaban J connectivity index is 2.15. The fourth-order valence-corrected chi connectivity index (χ4v) is 2.69. The van der Waals surface area contributed by atoms with Crippen molar-refractivity contribution in [3.05, 3.63) is 52.0 Å². The summed E-state index contributed by atoms with van der Waals surface area (Å²) in [6.45, 7) is 4.28. The Labute approximate surface area is 144 Å². The molecule has 0 radical (unpaired) electrons. The van der Waals surface area contributed by atoms with Gasteiger partial charge in [-0.15, -0.1) is 0 Å². The second-order valence-electron chi connectivity index (χ2n) is 5.50. The minimum absolute atomic E-state index is 0.0429. The van der Waals surface area contributed by atoms with Crippen molar-refractivity contribution in [1.29, 1.82) is 0 Å². The van der Waals surface area contributed by atoms with Crippen molar-refractivity contribution in [3.63, 3.8) is 0 Å². The van der Waals surface area contributed by atoms with Crippen LogP contribution in [0.5, 0.6) is 0 Å². The van der Waals surface area contributed by atoms with E-state index in [4.69, 9.17) is 9.47 Å². The van der Waals surface area contributed by atoms with Gasteiger partial charge in [0.25, 0.3) is 5.52 Å². The first-order chi connectivity index (χ1) is 12.1. The van der Waals surface area contributed by atoms with Crippen molar-refractivity contribution >= 4 is 23.1 Å². The van der Waals surface area contributed by atoms with Crippen LogP contribution in [0.4, 0.5) is 0 Å². The summed E-state index contributed by atoms with van der Waals surface area (Å²) in [7, 11) is 0. The summed E-state index contributed by atoms with van der Waals surface area (Å²) in [6, 6.07) is 6.33. The number of ether oxygens (including phenoxy) is 2. The van der Waals surface area contributed by atoms with Crippen molar-refractivity contribution in [2.75, 3.05) is 32.9 Å². The molecular formula is C17H19N3O5. The number of hydrogen-bond donors (Lipinski definition) is 0. The zero-order chi connectivity index (χ0) is 17.8. The van der Waals surface area contributed by atoms with Gasteiger partial charge in [-0.25, -0.2) is 4.79 Å². The molecule has 0 spiro atoms. The van der Waals surface area contributed by atoms with Crippen LogP contribution in [0.1, 0.15) is 23.1 Å². The predicted octanol–water partition coefficient (Wildman–Crippen LogP) is 1.38. The van der Waals surface area contributed by atoms with E-state index in [1.165, 1.54) is 18.2 Å². The summed E-state index contributed by atoms with van der Waals surface area (Å²) >= 11 is 0. The molecule has 1 saturated heterocycles. The third kappa shape index (κ3) is 3.34. The normalized spacial score (nSPS) is 15.0. The van der Waals surface area contributed by atoms with Crippen molar-refractivity contribution in [2.45, 2.75) is 6.92 Å². The number of morpholine rings is 1. The maximum absolute atomic E-state index is 12.7. The molecule has 1 aliphatic heterocycles. The highest BCUT2D eigenvalue weighted by atomic mass is 16.5. The van der Waals surface area contributed by atoms with Crippen LogP contribution in [0, 0.1) is 10.1 Å².